The van der Waals surface area contributed by atoms with Gasteiger partial charge in [0.1, 0.15) is 22.9 Å². The van der Waals surface area contributed by atoms with E-state index in [1.165, 1.54) is 6.92 Å². The van der Waals surface area contributed by atoms with Gasteiger partial charge in [0.05, 0.1) is 11.4 Å². The molecule has 0 unspecified atom stereocenters. The van der Waals surface area contributed by atoms with E-state index in [0.29, 0.717) is 92.3 Å². The van der Waals surface area contributed by atoms with E-state index in [2.05, 4.69) is 20.6 Å². The number of carbonyl (C=O) groups excluding carboxylic acids is 5. The first kappa shape index (κ1) is 41.6. The van der Waals surface area contributed by atoms with Crippen molar-refractivity contribution in [2.45, 2.75) is 32.1 Å². The number of urea groups is 1. The minimum atomic E-state index is -0.494. The maximum atomic E-state index is 14.2. The number of nitrogens with one attached hydrogen (secondary N) is 4. The van der Waals surface area contributed by atoms with Crippen molar-refractivity contribution >= 4 is 119 Å². The molecule has 0 saturated carbocycles. The number of aromatic nitrogens is 2. The average molecular weight is 908 g/mol. The molecule has 2 atom stereocenters. The number of H-pyrrole nitrogens is 2. The second kappa shape index (κ2) is 16.6. The Morgan fingerprint density at radius 3 is 1.49 bits per heavy atom. The Morgan fingerprint density at radius 2 is 1.06 bits per heavy atom. The summed E-state index contributed by atoms with van der Waals surface area (Å²) in [5.74, 6) is -0.335. The van der Waals surface area contributed by atoms with E-state index in [4.69, 9.17) is 32.7 Å². The van der Waals surface area contributed by atoms with Crippen molar-refractivity contribution in [1.29, 1.82) is 0 Å². The molecule has 2 aliphatic rings. The molecule has 326 valence electrons. The van der Waals surface area contributed by atoms with Gasteiger partial charge in [-0.3, -0.25) is 19.2 Å². The van der Waals surface area contributed by atoms with Crippen LogP contribution in [0.5, 0.6) is 11.5 Å². The van der Waals surface area contributed by atoms with Gasteiger partial charge in [-0.25, -0.2) is 4.79 Å². The average Bonchev–Trinajstić information content (AvgIpc) is 4.11. The normalized spacial score (nSPS) is 15.4. The van der Waals surface area contributed by atoms with Crippen LogP contribution in [0.3, 0.4) is 0 Å². The fraction of sp³-hybridized carbons (Fsp3) is 0.180. The minimum Gasteiger partial charge on any atom is -0.426 e. The van der Waals surface area contributed by atoms with Crippen LogP contribution in [-0.2, 0) is 9.59 Å². The number of halogens is 2. The van der Waals surface area contributed by atoms with Crippen molar-refractivity contribution in [1.82, 2.24) is 9.97 Å². The number of alkyl halides is 2. The molecule has 0 spiro atoms. The van der Waals surface area contributed by atoms with Crippen LogP contribution in [0.15, 0.2) is 109 Å². The number of hydrogen-bond donors (Lipinski definition) is 4. The van der Waals surface area contributed by atoms with E-state index in [1.807, 2.05) is 48.5 Å². The lowest BCUT2D eigenvalue weighted by atomic mass is 9.95. The molecule has 0 bridgehead atoms. The summed E-state index contributed by atoms with van der Waals surface area (Å²) in [7, 11) is 0. The first-order chi connectivity index (χ1) is 31.5. The Labute approximate surface area is 381 Å². The van der Waals surface area contributed by atoms with E-state index in [0.717, 1.165) is 32.7 Å². The molecule has 0 saturated heterocycles. The third-order valence-electron chi connectivity index (χ3n) is 12.1. The van der Waals surface area contributed by atoms with E-state index in [9.17, 15) is 24.0 Å². The van der Waals surface area contributed by atoms with E-state index < -0.39 is 12.0 Å². The van der Waals surface area contributed by atoms with Gasteiger partial charge in [-0.1, -0.05) is 55.5 Å². The molecule has 6 aromatic carbocycles. The zero-order valence-electron chi connectivity index (χ0n) is 35.1. The van der Waals surface area contributed by atoms with Crippen molar-refractivity contribution in [3.63, 3.8) is 0 Å². The topological polar surface area (TPSA) is 166 Å². The first-order valence-corrected chi connectivity index (χ1v) is 22.2. The number of ether oxygens (including phenoxy) is 2. The van der Waals surface area contributed by atoms with Gasteiger partial charge in [-0.2, -0.15) is 0 Å². The molecule has 10 rings (SSSR count). The maximum Gasteiger partial charge on any atom is 0.323 e. The molecule has 0 radical (unpaired) electrons. The summed E-state index contributed by atoms with van der Waals surface area (Å²) in [6, 6.07) is 32.3. The quantitative estimate of drug-likeness (QED) is 0.0635. The Balaban J connectivity index is 0.854. The molecule has 13 nitrogen and oxygen atoms in total. The number of aromatic amines is 2. The van der Waals surface area contributed by atoms with Crippen LogP contribution in [0.4, 0.5) is 27.5 Å². The summed E-state index contributed by atoms with van der Waals surface area (Å²) in [4.78, 5) is 75.9. The highest BCUT2D eigenvalue weighted by atomic mass is 35.5. The van der Waals surface area contributed by atoms with Gasteiger partial charge in [-0.15, -0.1) is 23.2 Å². The fourth-order valence-electron chi connectivity index (χ4n) is 9.22. The third kappa shape index (κ3) is 7.45. The Morgan fingerprint density at radius 1 is 0.615 bits per heavy atom. The highest BCUT2D eigenvalue weighted by molar-refractivity contribution is 6.20. The van der Waals surface area contributed by atoms with Crippen molar-refractivity contribution in [2.75, 3.05) is 45.3 Å². The number of amides is 4. The summed E-state index contributed by atoms with van der Waals surface area (Å²) < 4.78 is 11.3. The lowest BCUT2D eigenvalue weighted by molar-refractivity contribution is -0.134. The van der Waals surface area contributed by atoms with E-state index in [1.54, 1.807) is 77.4 Å². The smallest absolute Gasteiger partial charge is 0.323 e. The number of nitrogens with zero attached hydrogens (tertiary/aromatic N) is 2. The number of esters is 2. The van der Waals surface area contributed by atoms with Crippen molar-refractivity contribution in [3.05, 3.63) is 132 Å². The molecule has 0 aliphatic carbocycles. The van der Waals surface area contributed by atoms with Crippen LogP contribution < -0.4 is 29.9 Å². The fourth-order valence-corrected chi connectivity index (χ4v) is 9.72. The van der Waals surface area contributed by atoms with E-state index >= 15 is 0 Å². The number of benzene rings is 6. The SMILES string of the molecule is CCC(=O)Oc1cc2c(c3ccccc13)[C@H](CCl)CN2C(=O)c1cc2cc(NC(=O)Nc3ccc4[nH]c(C(=O)N5C[C@@H](CCl)c6c5cc(OC(C)=O)c5ccccc65)cc4c3)ccc2[nH]1. The predicted molar refractivity (Wildman–Crippen MR) is 255 cm³/mol. The standard InChI is InChI=1S/C50H40Cl2N6O7/c1-3-45(60)65-44-21-42-47(36-11-7-5-9-34(36)44)30(23-52)25-58(42)49(62)40-19-28-17-32(13-15-38(28)56-40)54-50(63)53-31-12-14-37-27(16-31)18-39(55-37)48(61)57-24-29(22-51)46-35-10-6-4-8-33(35)43(20-41(46)57)64-26(2)59/h4-21,29-30,55-56H,3,22-25H2,1-2H3,(H2,53,54,63)/t29-,30-/m1/s1. The number of anilines is 4. The highest BCUT2D eigenvalue weighted by Gasteiger charge is 2.37. The van der Waals surface area contributed by atoms with Crippen LogP contribution in [0.2, 0.25) is 0 Å². The molecule has 4 N–H and O–H groups in total. The van der Waals surface area contributed by atoms with E-state index in [-0.39, 0.29) is 36.0 Å². The maximum absolute atomic E-state index is 14.2. The second-order valence-corrected chi connectivity index (χ2v) is 16.8. The molecule has 8 aromatic rings. The summed E-state index contributed by atoms with van der Waals surface area (Å²) in [6.07, 6.45) is 0.202. The summed E-state index contributed by atoms with van der Waals surface area (Å²) in [5, 5.41) is 10.4. The van der Waals surface area contributed by atoms with Gasteiger partial charge in [0.2, 0.25) is 0 Å². The lowest BCUT2D eigenvalue weighted by Gasteiger charge is -2.18. The predicted octanol–water partition coefficient (Wildman–Crippen LogP) is 10.8. The third-order valence-corrected chi connectivity index (χ3v) is 12.8. The van der Waals surface area contributed by atoms with Gasteiger partial charge in [0.15, 0.2) is 0 Å². The van der Waals surface area contributed by atoms with Gasteiger partial charge in [0.25, 0.3) is 11.8 Å². The molecule has 15 heteroatoms. The number of carbonyl (C=O) groups is 5. The summed E-state index contributed by atoms with van der Waals surface area (Å²) >= 11 is 12.9. The first-order valence-electron chi connectivity index (χ1n) is 21.1. The number of fused-ring (bicyclic) bond motifs is 8. The van der Waals surface area contributed by atoms with Crippen LogP contribution in [0, 0.1) is 0 Å². The van der Waals surface area contributed by atoms with Gasteiger partial charge >= 0.3 is 18.0 Å². The van der Waals surface area contributed by atoms with Crippen LogP contribution in [0.1, 0.15) is 64.2 Å². The number of hydrogen-bond acceptors (Lipinski definition) is 7. The van der Waals surface area contributed by atoms with Crippen molar-refractivity contribution in [2.24, 2.45) is 0 Å². The number of rotatable bonds is 9. The van der Waals surface area contributed by atoms with Crippen LogP contribution in [-0.4, -0.2) is 64.6 Å². The lowest BCUT2D eigenvalue weighted by Crippen LogP contribution is -2.30. The molecule has 4 amide bonds. The zero-order chi connectivity index (χ0) is 45.1. The molecule has 2 aliphatic heterocycles. The second-order valence-electron chi connectivity index (χ2n) is 16.2. The Bertz CT molecular complexity index is 3310. The van der Waals surface area contributed by atoms with Crippen LogP contribution >= 0.6 is 23.2 Å². The summed E-state index contributed by atoms with van der Waals surface area (Å²) in [5.41, 5.74) is 6.19. The largest absolute Gasteiger partial charge is 0.426 e. The molecular formula is C50H40Cl2N6O7. The van der Waals surface area contributed by atoms with Gasteiger partial charge < -0.3 is 39.9 Å². The molecule has 65 heavy (non-hydrogen) atoms. The minimum absolute atomic E-state index is 0.137. The molecular weight excluding hydrogens is 867 g/mol. The molecule has 2 aromatic heterocycles. The molecule has 0 fully saturated rings. The van der Waals surface area contributed by atoms with Gasteiger partial charge in [-0.05, 0) is 70.4 Å². The summed E-state index contributed by atoms with van der Waals surface area (Å²) in [6.45, 7) is 3.76. The highest BCUT2D eigenvalue weighted by Crippen LogP contribution is 2.48. The Hall–Kier alpha value is -7.35. The van der Waals surface area contributed by atoms with Gasteiger partial charge in [0, 0.05) is 106 Å². The van der Waals surface area contributed by atoms with Crippen molar-refractivity contribution in [3.8, 4) is 11.5 Å². The van der Waals surface area contributed by atoms with Crippen molar-refractivity contribution < 1.29 is 33.4 Å². The van der Waals surface area contributed by atoms with Crippen LogP contribution in [0.25, 0.3) is 43.4 Å². The monoisotopic (exact) mass is 906 g/mol. The molecule has 4 heterocycles. The zero-order valence-corrected chi connectivity index (χ0v) is 36.6. The Kier molecular flexibility index (Phi) is 10.7.